The van der Waals surface area contributed by atoms with Crippen LogP contribution < -0.4 is 0 Å². The Labute approximate surface area is 116 Å². The van der Waals surface area contributed by atoms with E-state index in [0.29, 0.717) is 5.92 Å². The van der Waals surface area contributed by atoms with Crippen LogP contribution in [0.15, 0.2) is 42.0 Å². The van der Waals surface area contributed by atoms with Gasteiger partial charge in [-0.05, 0) is 44.1 Å². The van der Waals surface area contributed by atoms with Crippen molar-refractivity contribution in [3.8, 4) is 0 Å². The van der Waals surface area contributed by atoms with E-state index in [-0.39, 0.29) is 0 Å². The highest BCUT2D eigenvalue weighted by Crippen LogP contribution is 2.47. The number of hydrogen-bond donors (Lipinski definition) is 1. The summed E-state index contributed by atoms with van der Waals surface area (Å²) in [6.45, 7) is 0. The Morgan fingerprint density at radius 2 is 1.84 bits per heavy atom. The third-order valence-electron chi connectivity index (χ3n) is 4.92. The lowest BCUT2D eigenvalue weighted by Gasteiger charge is -2.42. The average molecular weight is 256 g/mol. The predicted molar refractivity (Wildman–Crippen MR) is 78.8 cm³/mol. The lowest BCUT2D eigenvalue weighted by molar-refractivity contribution is -0.0413. The molecule has 0 aromatic heterocycles. The van der Waals surface area contributed by atoms with Crippen molar-refractivity contribution in [1.82, 2.24) is 0 Å². The van der Waals surface area contributed by atoms with Crippen LogP contribution in [0.3, 0.4) is 0 Å². The molecular formula is C18H24O. The molecule has 19 heavy (non-hydrogen) atoms. The van der Waals surface area contributed by atoms with E-state index in [2.05, 4.69) is 18.2 Å². The fourth-order valence-corrected chi connectivity index (χ4v) is 3.90. The van der Waals surface area contributed by atoms with Crippen LogP contribution in [0.4, 0.5) is 0 Å². The third kappa shape index (κ3) is 2.49. The van der Waals surface area contributed by atoms with Gasteiger partial charge in [0.05, 0.1) is 5.60 Å². The van der Waals surface area contributed by atoms with Crippen molar-refractivity contribution in [2.24, 2.45) is 5.92 Å². The van der Waals surface area contributed by atoms with Crippen molar-refractivity contribution < 1.29 is 5.11 Å². The first-order valence-corrected chi connectivity index (χ1v) is 7.77. The highest BCUT2D eigenvalue weighted by atomic mass is 16.3. The molecule has 0 amide bonds. The minimum absolute atomic E-state index is 0.351. The van der Waals surface area contributed by atoms with Crippen molar-refractivity contribution in [2.75, 3.05) is 0 Å². The van der Waals surface area contributed by atoms with Gasteiger partial charge in [-0.3, -0.25) is 0 Å². The van der Waals surface area contributed by atoms with Crippen molar-refractivity contribution in [2.45, 2.75) is 57.0 Å². The molecule has 0 unspecified atom stereocenters. The van der Waals surface area contributed by atoms with E-state index in [1.165, 1.54) is 37.7 Å². The SMILES string of the molecule is O[C@]1(c2ccccc2)CCCC[C@H]1C1=CCCCC1. The van der Waals surface area contributed by atoms with Gasteiger partial charge in [-0.25, -0.2) is 0 Å². The Hall–Kier alpha value is -1.08. The summed E-state index contributed by atoms with van der Waals surface area (Å²) in [5.74, 6) is 0.351. The number of hydrogen-bond acceptors (Lipinski definition) is 1. The van der Waals surface area contributed by atoms with E-state index < -0.39 is 5.60 Å². The molecule has 3 rings (SSSR count). The smallest absolute Gasteiger partial charge is 0.0961 e. The predicted octanol–water partition coefficient (Wildman–Crippen LogP) is 4.56. The largest absolute Gasteiger partial charge is 0.385 e. The van der Waals surface area contributed by atoms with Crippen LogP contribution in [-0.2, 0) is 5.60 Å². The van der Waals surface area contributed by atoms with Crippen LogP contribution in [-0.4, -0.2) is 5.11 Å². The molecule has 0 spiro atoms. The zero-order valence-electron chi connectivity index (χ0n) is 11.6. The molecule has 102 valence electrons. The summed E-state index contributed by atoms with van der Waals surface area (Å²) in [7, 11) is 0. The highest BCUT2D eigenvalue weighted by molar-refractivity contribution is 5.28. The molecule has 1 aromatic carbocycles. The Kier molecular flexibility index (Phi) is 3.74. The zero-order chi connectivity index (χ0) is 13.1. The van der Waals surface area contributed by atoms with Crippen LogP contribution >= 0.6 is 0 Å². The molecule has 1 nitrogen and oxygen atoms in total. The fourth-order valence-electron chi connectivity index (χ4n) is 3.90. The molecule has 0 heterocycles. The monoisotopic (exact) mass is 256 g/mol. The van der Waals surface area contributed by atoms with E-state index in [4.69, 9.17) is 0 Å². The maximum Gasteiger partial charge on any atom is 0.0961 e. The molecule has 1 fully saturated rings. The summed E-state index contributed by atoms with van der Waals surface area (Å²) in [6.07, 6.45) is 11.9. The topological polar surface area (TPSA) is 20.2 Å². The van der Waals surface area contributed by atoms with Gasteiger partial charge in [0.15, 0.2) is 0 Å². The summed E-state index contributed by atoms with van der Waals surface area (Å²) in [5.41, 5.74) is 2.02. The van der Waals surface area contributed by atoms with Gasteiger partial charge < -0.3 is 5.11 Å². The van der Waals surface area contributed by atoms with Gasteiger partial charge in [0.1, 0.15) is 0 Å². The van der Waals surface area contributed by atoms with Crippen molar-refractivity contribution >= 4 is 0 Å². The number of benzene rings is 1. The molecule has 0 bridgehead atoms. The van der Waals surface area contributed by atoms with Crippen molar-refractivity contribution in [3.63, 3.8) is 0 Å². The Balaban J connectivity index is 1.94. The van der Waals surface area contributed by atoms with Crippen molar-refractivity contribution in [3.05, 3.63) is 47.5 Å². The fraction of sp³-hybridized carbons (Fsp3) is 0.556. The maximum atomic E-state index is 11.3. The molecule has 1 aromatic rings. The molecule has 2 atom stereocenters. The Bertz CT molecular complexity index is 448. The minimum atomic E-state index is -0.622. The van der Waals surface area contributed by atoms with E-state index >= 15 is 0 Å². The normalized spacial score (nSPS) is 31.8. The quantitative estimate of drug-likeness (QED) is 0.769. The van der Waals surface area contributed by atoms with E-state index in [1.54, 1.807) is 0 Å². The second kappa shape index (κ2) is 5.50. The molecule has 2 aliphatic rings. The van der Waals surface area contributed by atoms with Gasteiger partial charge in [0, 0.05) is 5.92 Å². The van der Waals surface area contributed by atoms with Crippen LogP contribution in [0, 0.1) is 5.92 Å². The molecular weight excluding hydrogens is 232 g/mol. The Morgan fingerprint density at radius 1 is 1.00 bits per heavy atom. The summed E-state index contributed by atoms with van der Waals surface area (Å²) < 4.78 is 0. The Morgan fingerprint density at radius 3 is 2.58 bits per heavy atom. The van der Waals surface area contributed by atoms with Gasteiger partial charge in [0.25, 0.3) is 0 Å². The number of rotatable bonds is 2. The molecule has 2 aliphatic carbocycles. The molecule has 0 radical (unpaired) electrons. The summed E-state index contributed by atoms with van der Waals surface area (Å²) in [6, 6.07) is 10.3. The zero-order valence-corrected chi connectivity index (χ0v) is 11.6. The van der Waals surface area contributed by atoms with E-state index in [0.717, 1.165) is 24.8 Å². The lowest BCUT2D eigenvalue weighted by Crippen LogP contribution is -2.39. The van der Waals surface area contributed by atoms with E-state index in [9.17, 15) is 5.11 Å². The summed E-state index contributed by atoms with van der Waals surface area (Å²) >= 11 is 0. The second-order valence-corrected chi connectivity index (χ2v) is 6.11. The number of aliphatic hydroxyl groups is 1. The first kappa shape index (κ1) is 12.9. The van der Waals surface area contributed by atoms with Gasteiger partial charge in [-0.2, -0.15) is 0 Å². The molecule has 0 saturated heterocycles. The maximum absolute atomic E-state index is 11.3. The molecule has 0 aliphatic heterocycles. The average Bonchev–Trinajstić information content (AvgIpc) is 2.49. The lowest BCUT2D eigenvalue weighted by atomic mass is 9.67. The summed E-state index contributed by atoms with van der Waals surface area (Å²) in [5, 5.41) is 11.3. The van der Waals surface area contributed by atoms with Gasteiger partial charge in [-0.1, -0.05) is 54.8 Å². The number of allylic oxidation sites excluding steroid dienone is 1. The van der Waals surface area contributed by atoms with Crippen LogP contribution in [0.1, 0.15) is 56.9 Å². The third-order valence-corrected chi connectivity index (χ3v) is 4.92. The standard InChI is InChI=1S/C18H24O/c19-18(16-11-5-2-6-12-16)14-8-7-13-17(18)15-9-3-1-4-10-15/h2,5-6,9,11-12,17,19H,1,3-4,7-8,10,13-14H2/t17-,18-/m0/s1. The second-order valence-electron chi connectivity index (χ2n) is 6.11. The van der Waals surface area contributed by atoms with Crippen LogP contribution in [0.25, 0.3) is 0 Å². The van der Waals surface area contributed by atoms with E-state index in [1.807, 2.05) is 18.2 Å². The summed E-state index contributed by atoms with van der Waals surface area (Å²) in [4.78, 5) is 0. The van der Waals surface area contributed by atoms with Crippen LogP contribution in [0.2, 0.25) is 0 Å². The molecule has 1 N–H and O–H groups in total. The van der Waals surface area contributed by atoms with Gasteiger partial charge in [0.2, 0.25) is 0 Å². The molecule has 1 saturated carbocycles. The highest BCUT2D eigenvalue weighted by Gasteiger charge is 2.41. The first-order chi connectivity index (χ1) is 9.31. The first-order valence-electron chi connectivity index (χ1n) is 7.77. The molecule has 1 heteroatoms. The minimum Gasteiger partial charge on any atom is -0.385 e. The van der Waals surface area contributed by atoms with Crippen LogP contribution in [0.5, 0.6) is 0 Å². The van der Waals surface area contributed by atoms with Gasteiger partial charge in [-0.15, -0.1) is 0 Å². The van der Waals surface area contributed by atoms with Crippen molar-refractivity contribution in [1.29, 1.82) is 0 Å². The van der Waals surface area contributed by atoms with Gasteiger partial charge >= 0.3 is 0 Å².